The molecule has 0 saturated carbocycles. The number of nitrogens with one attached hydrogen (secondary N) is 1. The van der Waals surface area contributed by atoms with Crippen LogP contribution in [-0.2, 0) is 0 Å². The smallest absolute Gasteiger partial charge is 0.221 e. The van der Waals surface area contributed by atoms with Crippen LogP contribution in [0.4, 0.5) is 5.82 Å². The summed E-state index contributed by atoms with van der Waals surface area (Å²) in [6.07, 6.45) is 2.92. The van der Waals surface area contributed by atoms with Crippen molar-refractivity contribution in [2.24, 2.45) is 0 Å². The fourth-order valence-corrected chi connectivity index (χ4v) is 1.42. The van der Waals surface area contributed by atoms with Crippen molar-refractivity contribution in [3.05, 3.63) is 11.9 Å². The van der Waals surface area contributed by atoms with E-state index < -0.39 is 0 Å². The van der Waals surface area contributed by atoms with E-state index in [-0.39, 0.29) is 6.10 Å². The maximum atomic E-state index is 9.11. The molecule has 1 aromatic rings. The Balaban J connectivity index is 2.47. The molecular formula is C11H19N3O2. The Labute approximate surface area is 95.9 Å². The molecule has 0 fully saturated rings. The largest absolute Gasteiger partial charge is 0.481 e. The van der Waals surface area contributed by atoms with Crippen LogP contribution in [0.3, 0.4) is 0 Å². The van der Waals surface area contributed by atoms with E-state index in [0.717, 1.165) is 30.8 Å². The van der Waals surface area contributed by atoms with E-state index in [4.69, 9.17) is 9.84 Å². The molecule has 1 rings (SSSR count). The molecule has 2 N–H and O–H groups in total. The highest BCUT2D eigenvalue weighted by Crippen LogP contribution is 2.19. The minimum Gasteiger partial charge on any atom is -0.481 e. The van der Waals surface area contributed by atoms with Crippen LogP contribution in [0.25, 0.3) is 0 Å². The Kier molecular flexibility index (Phi) is 4.98. The zero-order valence-electron chi connectivity index (χ0n) is 10.0. The molecule has 5 nitrogen and oxygen atoms in total. The lowest BCUT2D eigenvalue weighted by Gasteiger charge is -2.10. The first-order chi connectivity index (χ1) is 7.65. The number of hydrogen-bond acceptors (Lipinski definition) is 5. The van der Waals surface area contributed by atoms with E-state index in [0.29, 0.717) is 5.88 Å². The Hall–Kier alpha value is -1.36. The molecule has 1 atom stereocenters. The molecule has 0 amide bonds. The number of ether oxygens (including phenoxy) is 1. The predicted octanol–water partition coefficient (Wildman–Crippen LogP) is 1.37. The van der Waals surface area contributed by atoms with Crippen LogP contribution < -0.4 is 10.1 Å². The third-order valence-corrected chi connectivity index (χ3v) is 2.32. The zero-order chi connectivity index (χ0) is 12.0. The second-order valence-corrected chi connectivity index (χ2v) is 3.77. The lowest BCUT2D eigenvalue weighted by Crippen LogP contribution is -2.09. The maximum Gasteiger partial charge on any atom is 0.221 e. The normalized spacial score (nSPS) is 12.2. The van der Waals surface area contributed by atoms with E-state index >= 15 is 0 Å². The first-order valence-electron chi connectivity index (χ1n) is 5.42. The summed E-state index contributed by atoms with van der Waals surface area (Å²) in [5, 5.41) is 12.3. The Bertz CT molecular complexity index is 329. The van der Waals surface area contributed by atoms with Gasteiger partial charge in [-0.3, -0.25) is 0 Å². The van der Waals surface area contributed by atoms with E-state index in [1.54, 1.807) is 14.0 Å². The number of aliphatic hydroxyl groups is 1. The quantitative estimate of drug-likeness (QED) is 0.716. The molecule has 0 aliphatic rings. The molecule has 0 saturated heterocycles. The topological polar surface area (TPSA) is 67.3 Å². The molecule has 0 aliphatic carbocycles. The van der Waals surface area contributed by atoms with Crippen LogP contribution >= 0.6 is 0 Å². The summed E-state index contributed by atoms with van der Waals surface area (Å²) in [6.45, 7) is 4.49. The van der Waals surface area contributed by atoms with E-state index in [1.807, 2.05) is 6.92 Å². The van der Waals surface area contributed by atoms with E-state index in [1.165, 1.54) is 6.33 Å². The lowest BCUT2D eigenvalue weighted by atomic mass is 10.2. The zero-order valence-corrected chi connectivity index (χ0v) is 10.0. The highest BCUT2D eigenvalue weighted by molar-refractivity contribution is 5.47. The Morgan fingerprint density at radius 2 is 2.25 bits per heavy atom. The summed E-state index contributed by atoms with van der Waals surface area (Å²) in [4.78, 5) is 8.14. The predicted molar refractivity (Wildman–Crippen MR) is 62.7 cm³/mol. The van der Waals surface area contributed by atoms with Crippen molar-refractivity contribution in [2.45, 2.75) is 32.8 Å². The van der Waals surface area contributed by atoms with Gasteiger partial charge in [-0.15, -0.1) is 0 Å². The van der Waals surface area contributed by atoms with E-state index in [2.05, 4.69) is 15.3 Å². The van der Waals surface area contributed by atoms with E-state index in [9.17, 15) is 0 Å². The second kappa shape index (κ2) is 6.27. The Morgan fingerprint density at radius 3 is 2.88 bits per heavy atom. The van der Waals surface area contributed by atoms with Gasteiger partial charge in [-0.05, 0) is 26.7 Å². The van der Waals surface area contributed by atoms with Gasteiger partial charge in [0.15, 0.2) is 0 Å². The average molecular weight is 225 g/mol. The van der Waals surface area contributed by atoms with Crippen LogP contribution in [0, 0.1) is 6.92 Å². The summed E-state index contributed by atoms with van der Waals surface area (Å²) >= 11 is 0. The van der Waals surface area contributed by atoms with Crippen LogP contribution in [0.2, 0.25) is 0 Å². The standard InChI is InChI=1S/C11H19N3O2/c1-8(15)5-4-6-12-10-9(2)11(16-3)14-7-13-10/h7-8,15H,4-6H2,1-3H3,(H,12,13,14). The van der Waals surface area contributed by atoms with Gasteiger partial charge in [-0.25, -0.2) is 9.97 Å². The van der Waals surface area contributed by atoms with Gasteiger partial charge in [-0.1, -0.05) is 0 Å². The monoisotopic (exact) mass is 225 g/mol. The molecule has 1 aromatic heterocycles. The minimum atomic E-state index is -0.247. The van der Waals surface area contributed by atoms with Crippen molar-refractivity contribution in [3.8, 4) is 5.88 Å². The van der Waals surface area contributed by atoms with Gasteiger partial charge < -0.3 is 15.2 Å². The molecule has 16 heavy (non-hydrogen) atoms. The van der Waals surface area contributed by atoms with Crippen molar-refractivity contribution < 1.29 is 9.84 Å². The van der Waals surface area contributed by atoms with Crippen LogP contribution in [0.15, 0.2) is 6.33 Å². The summed E-state index contributed by atoms with van der Waals surface area (Å²) < 4.78 is 5.10. The second-order valence-electron chi connectivity index (χ2n) is 3.77. The lowest BCUT2D eigenvalue weighted by molar-refractivity contribution is 0.183. The summed E-state index contributed by atoms with van der Waals surface area (Å²) in [6, 6.07) is 0. The van der Waals surface area contributed by atoms with Crippen LogP contribution in [0.5, 0.6) is 5.88 Å². The van der Waals surface area contributed by atoms with Gasteiger partial charge >= 0.3 is 0 Å². The number of anilines is 1. The van der Waals surface area contributed by atoms with Crippen LogP contribution in [-0.4, -0.2) is 34.8 Å². The molecule has 90 valence electrons. The van der Waals surface area contributed by atoms with Gasteiger partial charge in [-0.2, -0.15) is 0 Å². The molecule has 0 spiro atoms. The van der Waals surface area contributed by atoms with Gasteiger partial charge in [0, 0.05) is 6.54 Å². The molecule has 0 radical (unpaired) electrons. The number of aromatic nitrogens is 2. The summed E-state index contributed by atoms with van der Waals surface area (Å²) in [5.41, 5.74) is 0.905. The third kappa shape index (κ3) is 3.66. The maximum absolute atomic E-state index is 9.11. The first-order valence-corrected chi connectivity index (χ1v) is 5.42. The number of nitrogens with zero attached hydrogens (tertiary/aromatic N) is 2. The fraction of sp³-hybridized carbons (Fsp3) is 0.636. The molecular weight excluding hydrogens is 206 g/mol. The molecule has 1 unspecified atom stereocenters. The number of rotatable bonds is 6. The van der Waals surface area contributed by atoms with Crippen molar-refractivity contribution in [1.29, 1.82) is 0 Å². The molecule has 0 bridgehead atoms. The minimum absolute atomic E-state index is 0.247. The van der Waals surface area contributed by atoms with Crippen molar-refractivity contribution in [2.75, 3.05) is 19.0 Å². The number of methoxy groups -OCH3 is 1. The van der Waals surface area contributed by atoms with Gasteiger partial charge in [0.1, 0.15) is 12.1 Å². The fourth-order valence-electron chi connectivity index (χ4n) is 1.42. The van der Waals surface area contributed by atoms with Crippen molar-refractivity contribution >= 4 is 5.82 Å². The molecule has 0 aromatic carbocycles. The first kappa shape index (κ1) is 12.7. The summed E-state index contributed by atoms with van der Waals surface area (Å²) in [5.74, 6) is 1.38. The number of aliphatic hydroxyl groups excluding tert-OH is 1. The molecule has 1 heterocycles. The van der Waals surface area contributed by atoms with Crippen molar-refractivity contribution in [1.82, 2.24) is 9.97 Å². The molecule has 0 aliphatic heterocycles. The van der Waals surface area contributed by atoms with Crippen LogP contribution in [0.1, 0.15) is 25.3 Å². The third-order valence-electron chi connectivity index (χ3n) is 2.32. The average Bonchev–Trinajstić information content (AvgIpc) is 2.26. The highest BCUT2D eigenvalue weighted by atomic mass is 16.5. The number of hydrogen-bond donors (Lipinski definition) is 2. The summed E-state index contributed by atoms with van der Waals surface area (Å²) in [7, 11) is 1.59. The molecule has 5 heteroatoms. The van der Waals surface area contributed by atoms with Crippen molar-refractivity contribution in [3.63, 3.8) is 0 Å². The van der Waals surface area contributed by atoms with Gasteiger partial charge in [0.05, 0.1) is 18.8 Å². The van der Waals surface area contributed by atoms with Gasteiger partial charge in [0.2, 0.25) is 5.88 Å². The highest BCUT2D eigenvalue weighted by Gasteiger charge is 2.06. The Morgan fingerprint density at radius 1 is 1.50 bits per heavy atom. The SMILES string of the molecule is COc1ncnc(NCCCC(C)O)c1C. The van der Waals surface area contributed by atoms with Gasteiger partial charge in [0.25, 0.3) is 0 Å².